The number of benzene rings is 1. The highest BCUT2D eigenvalue weighted by Crippen LogP contribution is 2.25. The molecule has 0 aliphatic carbocycles. The van der Waals surface area contributed by atoms with Crippen molar-refractivity contribution < 1.29 is 13.2 Å². The predicted molar refractivity (Wildman–Crippen MR) is 130 cm³/mol. The van der Waals surface area contributed by atoms with Crippen LogP contribution in [-0.4, -0.2) is 76.8 Å². The van der Waals surface area contributed by atoms with E-state index in [1.807, 2.05) is 29.1 Å². The highest BCUT2D eigenvalue weighted by atomic mass is 32.2. The van der Waals surface area contributed by atoms with Crippen LogP contribution in [0.5, 0.6) is 0 Å². The Labute approximate surface area is 197 Å². The van der Waals surface area contributed by atoms with Crippen molar-refractivity contribution in [2.45, 2.75) is 6.54 Å². The summed E-state index contributed by atoms with van der Waals surface area (Å²) in [6.45, 7) is 5.19. The summed E-state index contributed by atoms with van der Waals surface area (Å²) >= 11 is 0. The minimum Gasteiger partial charge on any atom is -0.379 e. The van der Waals surface area contributed by atoms with Gasteiger partial charge in [0, 0.05) is 37.1 Å². The van der Waals surface area contributed by atoms with E-state index in [4.69, 9.17) is 4.74 Å². The zero-order valence-corrected chi connectivity index (χ0v) is 19.6. The molecule has 4 aromatic rings. The van der Waals surface area contributed by atoms with Crippen LogP contribution in [0.3, 0.4) is 0 Å². The third-order valence-electron chi connectivity index (χ3n) is 5.50. The molecule has 0 unspecified atom stereocenters. The molecule has 2 N–H and O–H groups in total. The minimum atomic E-state index is -3.36. The first-order valence-corrected chi connectivity index (χ1v) is 12.8. The minimum absolute atomic E-state index is 0.433. The fraction of sp³-hybridized carbons (Fsp3) is 0.318. The molecular formula is C22H26N8O3S. The molecule has 0 amide bonds. The van der Waals surface area contributed by atoms with E-state index >= 15 is 0 Å². The summed E-state index contributed by atoms with van der Waals surface area (Å²) in [6, 6.07) is 11.0. The van der Waals surface area contributed by atoms with Crippen LogP contribution in [0.15, 0.2) is 55.0 Å². The van der Waals surface area contributed by atoms with Crippen LogP contribution in [0, 0.1) is 0 Å². The Balaban J connectivity index is 1.32. The van der Waals surface area contributed by atoms with E-state index < -0.39 is 10.0 Å². The Morgan fingerprint density at radius 3 is 2.74 bits per heavy atom. The van der Waals surface area contributed by atoms with Crippen LogP contribution in [-0.2, 0) is 21.3 Å². The van der Waals surface area contributed by atoms with Crippen LogP contribution in [0.2, 0.25) is 0 Å². The van der Waals surface area contributed by atoms with E-state index in [9.17, 15) is 8.42 Å². The van der Waals surface area contributed by atoms with Gasteiger partial charge >= 0.3 is 0 Å². The van der Waals surface area contributed by atoms with Crippen molar-refractivity contribution in [3.63, 3.8) is 0 Å². The number of fused-ring (bicyclic) bond motifs is 1. The summed E-state index contributed by atoms with van der Waals surface area (Å²) in [4.78, 5) is 6.77. The standard InChI is InChI=1S/C22H26N8O3S/c1-34(31,32)27-18-4-2-3-17(13-18)21-6-5-20-15-23-22(26-30(20)21)25-19-14-24-29(16-19)8-7-28-9-11-33-12-10-28/h2-6,13-16,27H,7-12H2,1H3,(H,25,26). The van der Waals surface area contributed by atoms with Crippen molar-refractivity contribution in [2.24, 2.45) is 0 Å². The molecule has 0 spiro atoms. The van der Waals surface area contributed by atoms with E-state index in [1.165, 1.54) is 0 Å². The molecule has 1 aliphatic rings. The first kappa shape index (κ1) is 22.3. The van der Waals surface area contributed by atoms with Gasteiger partial charge in [-0.15, -0.1) is 5.10 Å². The first-order chi connectivity index (χ1) is 16.4. The maximum Gasteiger partial charge on any atom is 0.245 e. The van der Waals surface area contributed by atoms with Crippen molar-refractivity contribution in [2.75, 3.05) is 49.1 Å². The number of morpholine rings is 1. The van der Waals surface area contributed by atoms with Crippen molar-refractivity contribution in [3.05, 3.63) is 55.0 Å². The summed E-state index contributed by atoms with van der Waals surface area (Å²) in [5.74, 6) is 0.433. The van der Waals surface area contributed by atoms with Gasteiger partial charge in [-0.1, -0.05) is 12.1 Å². The SMILES string of the molecule is CS(=O)(=O)Nc1cccc(-c2ccc3cnc(Nc4cnn(CCN5CCOCC5)c4)nn23)c1. The quantitative estimate of drug-likeness (QED) is 0.392. The van der Waals surface area contributed by atoms with Gasteiger partial charge in [-0.05, 0) is 24.3 Å². The molecule has 1 aromatic carbocycles. The molecular weight excluding hydrogens is 456 g/mol. The number of aromatic nitrogens is 5. The second-order valence-corrected chi connectivity index (χ2v) is 9.91. The second kappa shape index (κ2) is 9.41. The van der Waals surface area contributed by atoms with Gasteiger partial charge in [-0.2, -0.15) is 5.10 Å². The van der Waals surface area contributed by atoms with Crippen molar-refractivity contribution in [1.29, 1.82) is 0 Å². The van der Waals surface area contributed by atoms with Crippen molar-refractivity contribution >= 4 is 32.9 Å². The van der Waals surface area contributed by atoms with Gasteiger partial charge in [-0.25, -0.2) is 17.9 Å². The fourth-order valence-electron chi connectivity index (χ4n) is 3.88. The Hall–Kier alpha value is -3.48. The number of sulfonamides is 1. The second-order valence-electron chi connectivity index (χ2n) is 8.16. The molecule has 1 fully saturated rings. The molecule has 5 rings (SSSR count). The van der Waals surface area contributed by atoms with Gasteiger partial charge in [0.25, 0.3) is 0 Å². The number of rotatable bonds is 8. The van der Waals surface area contributed by atoms with Crippen LogP contribution >= 0.6 is 0 Å². The molecule has 0 radical (unpaired) electrons. The fourth-order valence-corrected chi connectivity index (χ4v) is 4.44. The van der Waals surface area contributed by atoms with Gasteiger partial charge in [-0.3, -0.25) is 14.3 Å². The average molecular weight is 483 g/mol. The number of hydrogen-bond donors (Lipinski definition) is 2. The molecule has 11 nitrogen and oxygen atoms in total. The Morgan fingerprint density at radius 1 is 1.06 bits per heavy atom. The van der Waals surface area contributed by atoms with Crippen molar-refractivity contribution in [3.8, 4) is 11.3 Å². The lowest BCUT2D eigenvalue weighted by Gasteiger charge is -2.26. The summed E-state index contributed by atoms with van der Waals surface area (Å²) in [5, 5.41) is 12.3. The highest BCUT2D eigenvalue weighted by Gasteiger charge is 2.12. The molecule has 34 heavy (non-hydrogen) atoms. The number of hydrogen-bond acceptors (Lipinski definition) is 8. The topological polar surface area (TPSA) is 119 Å². The molecule has 3 aromatic heterocycles. The molecule has 4 heterocycles. The van der Waals surface area contributed by atoms with E-state index in [2.05, 4.69) is 30.1 Å². The Bertz CT molecular complexity index is 1390. The monoisotopic (exact) mass is 482 g/mol. The molecule has 0 bridgehead atoms. The first-order valence-electron chi connectivity index (χ1n) is 11.0. The Kier molecular flexibility index (Phi) is 6.18. The lowest BCUT2D eigenvalue weighted by molar-refractivity contribution is 0.0360. The summed E-state index contributed by atoms with van der Waals surface area (Å²) in [5.41, 5.74) is 3.76. The zero-order chi connectivity index (χ0) is 23.5. The van der Waals surface area contributed by atoms with E-state index in [0.29, 0.717) is 11.6 Å². The van der Waals surface area contributed by atoms with Crippen LogP contribution < -0.4 is 10.0 Å². The molecule has 12 heteroatoms. The van der Waals surface area contributed by atoms with Crippen LogP contribution in [0.4, 0.5) is 17.3 Å². The zero-order valence-electron chi connectivity index (χ0n) is 18.8. The third-order valence-corrected chi connectivity index (χ3v) is 6.11. The van der Waals surface area contributed by atoms with E-state index in [-0.39, 0.29) is 0 Å². The summed E-state index contributed by atoms with van der Waals surface area (Å²) in [6.07, 6.45) is 6.55. The van der Waals surface area contributed by atoms with E-state index in [0.717, 1.165) is 68.1 Å². The van der Waals surface area contributed by atoms with E-state index in [1.54, 1.807) is 35.1 Å². The van der Waals surface area contributed by atoms with Gasteiger partial charge in [0.1, 0.15) is 0 Å². The lowest BCUT2D eigenvalue weighted by Crippen LogP contribution is -2.38. The normalized spacial score (nSPS) is 15.0. The van der Waals surface area contributed by atoms with Gasteiger partial charge < -0.3 is 10.1 Å². The molecule has 0 atom stereocenters. The number of nitrogens with zero attached hydrogens (tertiary/aromatic N) is 6. The molecule has 0 saturated carbocycles. The number of nitrogens with one attached hydrogen (secondary N) is 2. The molecule has 1 aliphatic heterocycles. The van der Waals surface area contributed by atoms with Gasteiger partial charge in [0.15, 0.2) is 0 Å². The highest BCUT2D eigenvalue weighted by molar-refractivity contribution is 7.92. The van der Waals surface area contributed by atoms with Crippen LogP contribution in [0.1, 0.15) is 0 Å². The average Bonchev–Trinajstić information content (AvgIpc) is 3.44. The third kappa shape index (κ3) is 5.35. The smallest absolute Gasteiger partial charge is 0.245 e. The maximum atomic E-state index is 11.6. The Morgan fingerprint density at radius 2 is 1.91 bits per heavy atom. The molecule has 1 saturated heterocycles. The van der Waals surface area contributed by atoms with Gasteiger partial charge in [0.2, 0.25) is 16.0 Å². The summed E-state index contributed by atoms with van der Waals surface area (Å²) < 4.78 is 34.8. The number of ether oxygens (including phenoxy) is 1. The molecule has 178 valence electrons. The summed E-state index contributed by atoms with van der Waals surface area (Å²) in [7, 11) is -3.36. The van der Waals surface area contributed by atoms with Crippen molar-refractivity contribution in [1.82, 2.24) is 29.3 Å². The van der Waals surface area contributed by atoms with Crippen LogP contribution in [0.25, 0.3) is 16.8 Å². The number of anilines is 3. The maximum absolute atomic E-state index is 11.6. The largest absolute Gasteiger partial charge is 0.379 e. The predicted octanol–water partition coefficient (Wildman–Crippen LogP) is 2.04. The van der Waals surface area contributed by atoms with Gasteiger partial charge in [0.05, 0.1) is 55.3 Å². The lowest BCUT2D eigenvalue weighted by atomic mass is 10.1.